The maximum atomic E-state index is 12.7. The molecule has 0 aliphatic carbocycles. The highest BCUT2D eigenvalue weighted by molar-refractivity contribution is 5.71. The fourth-order valence-electron chi connectivity index (χ4n) is 6.25. The maximum Gasteiger partial charge on any atom is 0.306 e. The first-order valence-electron chi connectivity index (χ1n) is 22.3. The van der Waals surface area contributed by atoms with Crippen molar-refractivity contribution in [1.29, 1.82) is 0 Å². The van der Waals surface area contributed by atoms with Gasteiger partial charge in [0.05, 0.1) is 0 Å². The van der Waals surface area contributed by atoms with Gasteiger partial charge in [0.25, 0.3) is 0 Å². The van der Waals surface area contributed by atoms with Crippen LogP contribution in [-0.4, -0.2) is 37.2 Å². The largest absolute Gasteiger partial charge is 0.462 e. The minimum atomic E-state index is -0.771. The summed E-state index contributed by atoms with van der Waals surface area (Å²) in [6.07, 6.45) is 44.6. The van der Waals surface area contributed by atoms with Gasteiger partial charge in [-0.15, -0.1) is 0 Å². The maximum absolute atomic E-state index is 12.7. The van der Waals surface area contributed by atoms with Gasteiger partial charge in [-0.2, -0.15) is 0 Å². The van der Waals surface area contributed by atoms with E-state index in [1.165, 1.54) is 122 Å². The fraction of sp³-hybridized carbons (Fsp3) is 0.848. The van der Waals surface area contributed by atoms with Crippen LogP contribution in [0.2, 0.25) is 0 Å². The summed E-state index contributed by atoms with van der Waals surface area (Å²) < 4.78 is 16.6. The molecule has 6 heteroatoms. The molecule has 1 unspecified atom stereocenters. The molecule has 0 aliphatic rings. The van der Waals surface area contributed by atoms with E-state index in [2.05, 4.69) is 45.1 Å². The predicted octanol–water partition coefficient (Wildman–Crippen LogP) is 14.0. The van der Waals surface area contributed by atoms with E-state index in [9.17, 15) is 14.4 Å². The second kappa shape index (κ2) is 41.6. The average molecular weight is 733 g/mol. The first kappa shape index (κ1) is 49.9. The highest BCUT2D eigenvalue weighted by Crippen LogP contribution is 2.13. The summed E-state index contributed by atoms with van der Waals surface area (Å²) in [6, 6.07) is 0. The molecule has 304 valence electrons. The Bertz CT molecular complexity index is 850. The first-order valence-corrected chi connectivity index (χ1v) is 22.3. The fourth-order valence-corrected chi connectivity index (χ4v) is 6.25. The number of allylic oxidation sites excluding steroid dienone is 4. The quantitative estimate of drug-likeness (QED) is 0.0270. The van der Waals surface area contributed by atoms with Gasteiger partial charge in [0.2, 0.25) is 0 Å². The molecule has 0 bridgehead atoms. The van der Waals surface area contributed by atoms with Crippen molar-refractivity contribution in [3.63, 3.8) is 0 Å². The highest BCUT2D eigenvalue weighted by atomic mass is 16.6. The van der Waals surface area contributed by atoms with Crippen LogP contribution in [0.5, 0.6) is 0 Å². The van der Waals surface area contributed by atoms with Crippen LogP contribution in [0.15, 0.2) is 24.3 Å². The molecule has 0 spiro atoms. The van der Waals surface area contributed by atoms with Crippen LogP contribution in [0.4, 0.5) is 0 Å². The van der Waals surface area contributed by atoms with Gasteiger partial charge < -0.3 is 14.2 Å². The molecule has 0 N–H and O–H groups in total. The van der Waals surface area contributed by atoms with E-state index in [1.54, 1.807) is 0 Å². The van der Waals surface area contributed by atoms with E-state index in [0.717, 1.165) is 70.6 Å². The Labute approximate surface area is 322 Å². The summed E-state index contributed by atoms with van der Waals surface area (Å²) in [4.78, 5) is 37.5. The minimum Gasteiger partial charge on any atom is -0.462 e. The van der Waals surface area contributed by atoms with Crippen LogP contribution in [0.1, 0.15) is 233 Å². The number of unbranched alkanes of at least 4 members (excludes halogenated alkanes) is 25. The summed E-state index contributed by atoms with van der Waals surface area (Å²) in [6.45, 7) is 6.54. The van der Waals surface area contributed by atoms with E-state index < -0.39 is 6.10 Å². The number of hydrogen-bond donors (Lipinski definition) is 0. The molecule has 0 rings (SSSR count). The van der Waals surface area contributed by atoms with E-state index >= 15 is 0 Å². The van der Waals surface area contributed by atoms with Crippen LogP contribution in [0, 0.1) is 0 Å². The van der Waals surface area contributed by atoms with Crippen molar-refractivity contribution < 1.29 is 28.6 Å². The van der Waals surface area contributed by atoms with Crippen LogP contribution in [0.25, 0.3) is 0 Å². The van der Waals surface area contributed by atoms with Crippen molar-refractivity contribution in [3.05, 3.63) is 24.3 Å². The summed E-state index contributed by atoms with van der Waals surface area (Å²) in [5.74, 6) is -0.901. The van der Waals surface area contributed by atoms with Crippen molar-refractivity contribution in [2.45, 2.75) is 239 Å². The molecule has 0 saturated heterocycles. The molecule has 1 atom stereocenters. The number of carbonyl (C=O) groups excluding carboxylic acids is 3. The second-order valence-electron chi connectivity index (χ2n) is 15.0. The van der Waals surface area contributed by atoms with Crippen LogP contribution < -0.4 is 0 Å². The Kier molecular flexibility index (Phi) is 40.0. The molecule has 0 aromatic rings. The van der Waals surface area contributed by atoms with Crippen molar-refractivity contribution in [2.75, 3.05) is 13.2 Å². The number of hydrogen-bond acceptors (Lipinski definition) is 6. The van der Waals surface area contributed by atoms with E-state index in [0.29, 0.717) is 19.3 Å². The molecule has 0 saturated carbocycles. The average Bonchev–Trinajstić information content (AvgIpc) is 3.14. The molecule has 0 heterocycles. The topological polar surface area (TPSA) is 78.9 Å². The summed E-state index contributed by atoms with van der Waals surface area (Å²) in [5, 5.41) is 0. The van der Waals surface area contributed by atoms with Crippen molar-refractivity contribution in [2.24, 2.45) is 0 Å². The smallest absolute Gasteiger partial charge is 0.306 e. The molecule has 0 fully saturated rings. The molecule has 0 radical (unpaired) electrons. The van der Waals surface area contributed by atoms with Crippen LogP contribution in [-0.2, 0) is 28.6 Å². The zero-order valence-electron chi connectivity index (χ0n) is 34.6. The van der Waals surface area contributed by atoms with Gasteiger partial charge in [-0.1, -0.05) is 167 Å². The SMILES string of the molecule is CCCCCCC/C=C\CCCCCCCC(=O)OCC(COC(=O)CCCCCCCC)OC(=O)CCCCCCC/C=C\CCCCCCC. The number of esters is 3. The lowest BCUT2D eigenvalue weighted by Gasteiger charge is -2.18. The number of carbonyl (C=O) groups is 3. The van der Waals surface area contributed by atoms with Gasteiger partial charge in [-0.05, 0) is 70.6 Å². The van der Waals surface area contributed by atoms with Crippen molar-refractivity contribution in [1.82, 2.24) is 0 Å². The lowest BCUT2D eigenvalue weighted by molar-refractivity contribution is -0.167. The highest BCUT2D eigenvalue weighted by Gasteiger charge is 2.19. The van der Waals surface area contributed by atoms with Gasteiger partial charge in [0.15, 0.2) is 6.10 Å². The van der Waals surface area contributed by atoms with E-state index in [4.69, 9.17) is 14.2 Å². The van der Waals surface area contributed by atoms with Gasteiger partial charge in [0, 0.05) is 19.3 Å². The zero-order chi connectivity index (χ0) is 38.0. The first-order chi connectivity index (χ1) is 25.5. The monoisotopic (exact) mass is 733 g/mol. The molecule has 0 aliphatic heterocycles. The van der Waals surface area contributed by atoms with Gasteiger partial charge in [0.1, 0.15) is 13.2 Å². The minimum absolute atomic E-state index is 0.0761. The Morgan fingerprint density at radius 3 is 0.962 bits per heavy atom. The third-order valence-electron chi connectivity index (χ3n) is 9.68. The molecule has 52 heavy (non-hydrogen) atoms. The van der Waals surface area contributed by atoms with Gasteiger partial charge >= 0.3 is 17.9 Å². The lowest BCUT2D eigenvalue weighted by atomic mass is 10.1. The van der Waals surface area contributed by atoms with Gasteiger partial charge in [-0.3, -0.25) is 14.4 Å². The summed E-state index contributed by atoms with van der Waals surface area (Å²) in [7, 11) is 0. The van der Waals surface area contributed by atoms with Gasteiger partial charge in [-0.25, -0.2) is 0 Å². The Hall–Kier alpha value is -2.11. The van der Waals surface area contributed by atoms with Crippen LogP contribution in [0.3, 0.4) is 0 Å². The summed E-state index contributed by atoms with van der Waals surface area (Å²) in [5.41, 5.74) is 0. The molecule has 6 nitrogen and oxygen atoms in total. The third-order valence-corrected chi connectivity index (χ3v) is 9.68. The number of rotatable bonds is 40. The second-order valence-corrected chi connectivity index (χ2v) is 15.0. The lowest BCUT2D eigenvalue weighted by Crippen LogP contribution is -2.30. The zero-order valence-corrected chi connectivity index (χ0v) is 34.6. The Morgan fingerprint density at radius 2 is 0.635 bits per heavy atom. The summed E-state index contributed by atoms with van der Waals surface area (Å²) >= 11 is 0. The van der Waals surface area contributed by atoms with Crippen LogP contribution >= 0.6 is 0 Å². The van der Waals surface area contributed by atoms with Crippen molar-refractivity contribution in [3.8, 4) is 0 Å². The Balaban J connectivity index is 4.29. The third kappa shape index (κ3) is 39.1. The normalized spacial score (nSPS) is 12.1. The predicted molar refractivity (Wildman–Crippen MR) is 219 cm³/mol. The molecular weight excluding hydrogens is 648 g/mol. The molecular formula is C46H84O6. The molecule has 0 aromatic carbocycles. The van der Waals surface area contributed by atoms with Crippen molar-refractivity contribution >= 4 is 17.9 Å². The van der Waals surface area contributed by atoms with E-state index in [1.807, 2.05) is 0 Å². The standard InChI is InChI=1S/C46H84O6/c1-4-7-10-13-16-18-20-22-24-26-28-30-33-36-39-45(48)51-42-43(41-50-44(47)38-35-32-15-12-9-6-3)52-46(49)40-37-34-31-29-27-25-23-21-19-17-14-11-8-5-2/h20-23,43H,4-19,24-42H2,1-3H3/b22-20-,23-21-. The molecule has 0 aromatic heterocycles. The Morgan fingerprint density at radius 1 is 0.365 bits per heavy atom. The molecule has 0 amide bonds. The number of ether oxygens (including phenoxy) is 3. The van der Waals surface area contributed by atoms with E-state index in [-0.39, 0.29) is 31.1 Å².